The maximum absolute atomic E-state index is 12.7. The van der Waals surface area contributed by atoms with E-state index in [1.54, 1.807) is 0 Å². The zero-order valence-electron chi connectivity index (χ0n) is 14.1. The quantitative estimate of drug-likeness (QED) is 0.789. The molecule has 1 N–H and O–H groups in total. The van der Waals surface area contributed by atoms with Crippen LogP contribution >= 0.6 is 11.8 Å². The second-order valence-electron chi connectivity index (χ2n) is 5.59. The molecule has 2 aromatic rings. The lowest BCUT2D eigenvalue weighted by Crippen LogP contribution is -2.29. The Bertz CT molecular complexity index is 728. The molecule has 0 aliphatic heterocycles. The Labute approximate surface area is 148 Å². The summed E-state index contributed by atoms with van der Waals surface area (Å²) in [5, 5.41) is 9.57. The van der Waals surface area contributed by atoms with E-state index in [1.165, 1.54) is 7.05 Å². The molecule has 136 valence electrons. The molecule has 1 heterocycles. The molecular formula is C16H19F3N4OS. The first-order chi connectivity index (χ1) is 11.7. The molecule has 1 amide bonds. The summed E-state index contributed by atoms with van der Waals surface area (Å²) in [7, 11) is 1.23. The van der Waals surface area contributed by atoms with E-state index in [0.29, 0.717) is 6.42 Å². The summed E-state index contributed by atoms with van der Waals surface area (Å²) in [6.45, 7) is 3.94. The molecule has 0 saturated heterocycles. The zero-order valence-corrected chi connectivity index (χ0v) is 14.9. The number of benzene rings is 1. The van der Waals surface area contributed by atoms with E-state index in [0.717, 1.165) is 27.5 Å². The third-order valence-corrected chi connectivity index (χ3v) is 4.66. The van der Waals surface area contributed by atoms with Crippen molar-refractivity contribution in [2.24, 2.45) is 7.05 Å². The van der Waals surface area contributed by atoms with Crippen LogP contribution in [0.5, 0.6) is 0 Å². The van der Waals surface area contributed by atoms with Crippen LogP contribution in [-0.4, -0.2) is 26.4 Å². The number of aryl methyl sites for hydroxylation is 1. The Morgan fingerprint density at radius 2 is 1.92 bits per heavy atom. The third kappa shape index (κ3) is 4.97. The zero-order chi connectivity index (χ0) is 18.6. The van der Waals surface area contributed by atoms with Crippen LogP contribution in [0.1, 0.15) is 36.3 Å². The minimum atomic E-state index is -4.57. The first-order valence-corrected chi connectivity index (χ1v) is 8.66. The summed E-state index contributed by atoms with van der Waals surface area (Å²) in [5.41, 5.74) is 2.12. The molecule has 1 aromatic carbocycles. The minimum Gasteiger partial charge on any atom is -0.349 e. The van der Waals surface area contributed by atoms with Crippen LogP contribution in [0.4, 0.5) is 13.2 Å². The van der Waals surface area contributed by atoms with Gasteiger partial charge in [-0.05, 0) is 18.9 Å². The summed E-state index contributed by atoms with van der Waals surface area (Å²) >= 11 is 0.920. The number of halogens is 3. The summed E-state index contributed by atoms with van der Waals surface area (Å²) < 4.78 is 38.9. The summed E-state index contributed by atoms with van der Waals surface area (Å²) in [5.74, 6) is -1.39. The maximum atomic E-state index is 12.7. The fourth-order valence-electron chi connectivity index (χ4n) is 2.27. The molecule has 9 heteroatoms. The molecule has 0 fully saturated rings. The number of carbonyl (C=O) groups excluding carboxylic acids is 1. The van der Waals surface area contributed by atoms with Crippen LogP contribution in [0.2, 0.25) is 0 Å². The van der Waals surface area contributed by atoms with Crippen molar-refractivity contribution in [2.75, 3.05) is 5.75 Å². The topological polar surface area (TPSA) is 59.8 Å². The van der Waals surface area contributed by atoms with Gasteiger partial charge in [0.1, 0.15) is 0 Å². The van der Waals surface area contributed by atoms with Gasteiger partial charge in [0, 0.05) is 7.05 Å². The Hall–Kier alpha value is -2.03. The number of hydrogen-bond donors (Lipinski definition) is 1. The van der Waals surface area contributed by atoms with Crippen LogP contribution in [0, 0.1) is 6.92 Å². The Balaban J connectivity index is 1.96. The van der Waals surface area contributed by atoms with Crippen LogP contribution in [0.15, 0.2) is 29.4 Å². The maximum Gasteiger partial charge on any atom is 0.451 e. The molecule has 1 aromatic heterocycles. The number of nitrogens with one attached hydrogen (secondary N) is 1. The molecule has 0 spiro atoms. The lowest BCUT2D eigenvalue weighted by atomic mass is 10.0. The standard InChI is InChI=1S/C16H19F3N4OS/c1-4-12(11-7-5-10(2)6-8-11)20-13(24)9-25-15-22-21-14(23(15)3)16(17,18)19/h5-8,12H,4,9H2,1-3H3,(H,20,24)/t12-/m0/s1. The van der Waals surface area contributed by atoms with Gasteiger partial charge in [-0.3, -0.25) is 4.79 Å². The molecule has 2 rings (SSSR count). The van der Waals surface area contributed by atoms with Gasteiger partial charge in [-0.2, -0.15) is 13.2 Å². The molecule has 0 radical (unpaired) electrons. The van der Waals surface area contributed by atoms with E-state index in [9.17, 15) is 18.0 Å². The van der Waals surface area contributed by atoms with E-state index in [-0.39, 0.29) is 22.9 Å². The van der Waals surface area contributed by atoms with E-state index < -0.39 is 12.0 Å². The van der Waals surface area contributed by atoms with Gasteiger partial charge < -0.3 is 9.88 Å². The van der Waals surface area contributed by atoms with E-state index in [1.807, 2.05) is 38.1 Å². The van der Waals surface area contributed by atoms with Crippen molar-refractivity contribution >= 4 is 17.7 Å². The van der Waals surface area contributed by atoms with Gasteiger partial charge in [-0.25, -0.2) is 0 Å². The Morgan fingerprint density at radius 1 is 1.28 bits per heavy atom. The number of nitrogens with zero attached hydrogens (tertiary/aromatic N) is 3. The average Bonchev–Trinajstić information content (AvgIpc) is 2.92. The summed E-state index contributed by atoms with van der Waals surface area (Å²) in [6, 6.07) is 7.71. The van der Waals surface area contributed by atoms with Crippen molar-refractivity contribution in [3.63, 3.8) is 0 Å². The number of carbonyl (C=O) groups is 1. The highest BCUT2D eigenvalue weighted by atomic mass is 32.2. The van der Waals surface area contributed by atoms with Crippen molar-refractivity contribution in [1.29, 1.82) is 0 Å². The molecule has 5 nitrogen and oxygen atoms in total. The van der Waals surface area contributed by atoms with Crippen molar-refractivity contribution in [2.45, 2.75) is 37.6 Å². The van der Waals surface area contributed by atoms with E-state index in [2.05, 4.69) is 15.5 Å². The van der Waals surface area contributed by atoms with E-state index in [4.69, 9.17) is 0 Å². The van der Waals surface area contributed by atoms with E-state index >= 15 is 0 Å². The number of aromatic nitrogens is 3. The van der Waals surface area contributed by atoms with Gasteiger partial charge in [0.2, 0.25) is 11.7 Å². The molecular weight excluding hydrogens is 353 g/mol. The smallest absolute Gasteiger partial charge is 0.349 e. The second-order valence-corrected chi connectivity index (χ2v) is 6.53. The van der Waals surface area contributed by atoms with Gasteiger partial charge in [-0.1, -0.05) is 48.5 Å². The SMILES string of the molecule is CC[C@H](NC(=O)CSc1nnc(C(F)(F)F)n1C)c1ccc(C)cc1. The molecule has 0 unspecified atom stereocenters. The van der Waals surface area contributed by atoms with Crippen molar-refractivity contribution in [3.8, 4) is 0 Å². The molecule has 0 aliphatic rings. The average molecular weight is 372 g/mol. The summed E-state index contributed by atoms with van der Waals surface area (Å²) in [6.07, 6.45) is -3.86. The monoisotopic (exact) mass is 372 g/mol. The Kier molecular flexibility index (Phi) is 6.10. The van der Waals surface area contributed by atoms with Crippen molar-refractivity contribution in [3.05, 3.63) is 41.2 Å². The number of amides is 1. The predicted molar refractivity (Wildman–Crippen MR) is 89.1 cm³/mol. The highest BCUT2D eigenvalue weighted by molar-refractivity contribution is 7.99. The first-order valence-electron chi connectivity index (χ1n) is 7.67. The third-order valence-electron chi connectivity index (χ3n) is 3.64. The molecule has 0 saturated carbocycles. The molecule has 0 bridgehead atoms. The minimum absolute atomic E-state index is 0.0355. The predicted octanol–water partition coefficient (Wildman–Crippen LogP) is 3.50. The lowest BCUT2D eigenvalue weighted by Gasteiger charge is -2.17. The van der Waals surface area contributed by atoms with Gasteiger partial charge in [-0.15, -0.1) is 10.2 Å². The molecule has 25 heavy (non-hydrogen) atoms. The van der Waals surface area contributed by atoms with Crippen molar-refractivity contribution < 1.29 is 18.0 Å². The molecule has 1 atom stereocenters. The number of rotatable bonds is 6. The van der Waals surface area contributed by atoms with Crippen LogP contribution in [0.3, 0.4) is 0 Å². The highest BCUT2D eigenvalue weighted by Crippen LogP contribution is 2.29. The van der Waals surface area contributed by atoms with Gasteiger partial charge >= 0.3 is 6.18 Å². The van der Waals surface area contributed by atoms with Crippen LogP contribution in [-0.2, 0) is 18.0 Å². The van der Waals surface area contributed by atoms with Gasteiger partial charge in [0.15, 0.2) is 5.16 Å². The lowest BCUT2D eigenvalue weighted by molar-refractivity contribution is -0.147. The first kappa shape index (κ1) is 19.3. The largest absolute Gasteiger partial charge is 0.451 e. The number of hydrogen-bond acceptors (Lipinski definition) is 4. The van der Waals surface area contributed by atoms with Gasteiger partial charge in [0.05, 0.1) is 11.8 Å². The van der Waals surface area contributed by atoms with Gasteiger partial charge in [0.25, 0.3) is 0 Å². The van der Waals surface area contributed by atoms with Crippen LogP contribution in [0.25, 0.3) is 0 Å². The fraction of sp³-hybridized carbons (Fsp3) is 0.438. The summed E-state index contributed by atoms with van der Waals surface area (Å²) in [4.78, 5) is 12.1. The Morgan fingerprint density at radius 3 is 2.44 bits per heavy atom. The normalized spacial score (nSPS) is 12.9. The van der Waals surface area contributed by atoms with Crippen LogP contribution < -0.4 is 5.32 Å². The molecule has 0 aliphatic carbocycles. The number of thioether (sulfide) groups is 1. The second kappa shape index (κ2) is 7.90. The number of alkyl halides is 3. The highest BCUT2D eigenvalue weighted by Gasteiger charge is 2.37. The van der Waals surface area contributed by atoms with Crippen molar-refractivity contribution in [1.82, 2.24) is 20.1 Å². The fourth-order valence-corrected chi connectivity index (χ4v) is 3.00.